The van der Waals surface area contributed by atoms with E-state index in [9.17, 15) is 9.59 Å². The maximum absolute atomic E-state index is 12.7. The molecule has 0 radical (unpaired) electrons. The van der Waals surface area contributed by atoms with Crippen LogP contribution in [0.3, 0.4) is 0 Å². The normalized spacial score (nSPS) is 10.9. The Morgan fingerprint density at radius 1 is 0.933 bits per heavy atom. The van der Waals surface area contributed by atoms with Gasteiger partial charge in [-0.15, -0.1) is 0 Å². The second-order valence-electron chi connectivity index (χ2n) is 6.85. The molecule has 0 saturated heterocycles. The first kappa shape index (κ1) is 21.5. The molecular weight excluding hydrogens is 382 g/mol. The molecule has 0 saturated carbocycles. The molecule has 0 aliphatic heterocycles. The molecule has 0 unspecified atom stereocenters. The van der Waals surface area contributed by atoms with Gasteiger partial charge in [0, 0.05) is 13.1 Å². The van der Waals surface area contributed by atoms with Crippen LogP contribution >= 0.6 is 0 Å². The Balaban J connectivity index is 1.63. The van der Waals surface area contributed by atoms with Gasteiger partial charge in [-0.3, -0.25) is 13.9 Å². The number of fused-ring (bicyclic) bond motifs is 1. The predicted molar refractivity (Wildman–Crippen MR) is 117 cm³/mol. The summed E-state index contributed by atoms with van der Waals surface area (Å²) in [6, 6.07) is 13.3. The first-order chi connectivity index (χ1) is 14.6. The Bertz CT molecular complexity index is 1070. The highest BCUT2D eigenvalue weighted by atomic mass is 16.5. The van der Waals surface area contributed by atoms with E-state index in [0.717, 1.165) is 22.3 Å². The Kier molecular flexibility index (Phi) is 7.17. The fourth-order valence-corrected chi connectivity index (χ4v) is 3.53. The standard InChI is InChI=1S/C23H29N3O4/c1-4-25-18-9-7-8-10-19(18)26(23(25)28)16-22(27)24-14-13-17-11-12-20(29-5-2)21(15-17)30-6-3/h7-12,15H,4-6,13-14,16H2,1-3H3,(H,24,27). The molecule has 7 nitrogen and oxygen atoms in total. The lowest BCUT2D eigenvalue weighted by Gasteiger charge is -2.12. The fourth-order valence-electron chi connectivity index (χ4n) is 3.53. The van der Waals surface area contributed by atoms with Gasteiger partial charge in [-0.25, -0.2) is 4.79 Å². The Morgan fingerprint density at radius 3 is 2.27 bits per heavy atom. The lowest BCUT2D eigenvalue weighted by atomic mass is 10.1. The van der Waals surface area contributed by atoms with E-state index in [1.165, 1.54) is 4.57 Å². The molecule has 2 aromatic carbocycles. The number of nitrogens with one attached hydrogen (secondary N) is 1. The SMILES string of the molecule is CCOc1ccc(CCNC(=O)Cn2c(=O)n(CC)c3ccccc32)cc1OCC. The lowest BCUT2D eigenvalue weighted by molar-refractivity contribution is -0.121. The highest BCUT2D eigenvalue weighted by Crippen LogP contribution is 2.28. The second-order valence-corrected chi connectivity index (χ2v) is 6.85. The number of hydrogen-bond acceptors (Lipinski definition) is 4. The van der Waals surface area contributed by atoms with Gasteiger partial charge in [0.1, 0.15) is 6.54 Å². The van der Waals surface area contributed by atoms with E-state index in [1.54, 1.807) is 4.57 Å². The van der Waals surface area contributed by atoms with E-state index in [0.29, 0.717) is 38.5 Å². The molecule has 3 aromatic rings. The maximum Gasteiger partial charge on any atom is 0.329 e. The number of ether oxygens (including phenoxy) is 2. The summed E-state index contributed by atoms with van der Waals surface area (Å²) in [5.74, 6) is 1.24. The van der Waals surface area contributed by atoms with E-state index < -0.39 is 0 Å². The van der Waals surface area contributed by atoms with Crippen LogP contribution in [-0.4, -0.2) is 34.8 Å². The van der Waals surface area contributed by atoms with Crippen molar-refractivity contribution in [2.45, 2.75) is 40.3 Å². The molecule has 0 bridgehead atoms. The van der Waals surface area contributed by atoms with Crippen molar-refractivity contribution < 1.29 is 14.3 Å². The minimum atomic E-state index is -0.188. The van der Waals surface area contributed by atoms with Crippen molar-refractivity contribution in [1.82, 2.24) is 14.5 Å². The van der Waals surface area contributed by atoms with Gasteiger partial charge in [-0.1, -0.05) is 18.2 Å². The zero-order valence-electron chi connectivity index (χ0n) is 17.8. The molecule has 160 valence electrons. The highest BCUT2D eigenvalue weighted by molar-refractivity contribution is 5.80. The number of aromatic nitrogens is 2. The van der Waals surface area contributed by atoms with Crippen molar-refractivity contribution in [3.63, 3.8) is 0 Å². The average molecular weight is 412 g/mol. The molecule has 0 aliphatic carbocycles. The minimum absolute atomic E-state index is 0.000178. The van der Waals surface area contributed by atoms with Crippen molar-refractivity contribution in [3.05, 3.63) is 58.5 Å². The van der Waals surface area contributed by atoms with E-state index in [2.05, 4.69) is 5.32 Å². The largest absolute Gasteiger partial charge is 0.490 e. The molecule has 3 rings (SSSR count). The summed E-state index contributed by atoms with van der Waals surface area (Å²) in [5.41, 5.74) is 2.49. The van der Waals surface area contributed by atoms with Gasteiger partial charge in [0.25, 0.3) is 0 Å². The summed E-state index contributed by atoms with van der Waals surface area (Å²) < 4.78 is 14.4. The fraction of sp³-hybridized carbons (Fsp3) is 0.391. The molecule has 7 heteroatoms. The third-order valence-electron chi connectivity index (χ3n) is 4.89. The molecule has 0 spiro atoms. The number of carbonyl (C=O) groups excluding carboxylic acids is 1. The molecule has 0 atom stereocenters. The summed E-state index contributed by atoms with van der Waals surface area (Å²) in [7, 11) is 0. The summed E-state index contributed by atoms with van der Waals surface area (Å²) in [5, 5.41) is 2.91. The zero-order chi connectivity index (χ0) is 21.5. The number of carbonyl (C=O) groups is 1. The van der Waals surface area contributed by atoms with Crippen LogP contribution in [0.5, 0.6) is 11.5 Å². The van der Waals surface area contributed by atoms with Crippen LogP contribution in [-0.2, 0) is 24.3 Å². The van der Waals surface area contributed by atoms with Gasteiger partial charge in [0.2, 0.25) is 5.91 Å². The summed E-state index contributed by atoms with van der Waals surface area (Å²) in [6.07, 6.45) is 0.657. The third-order valence-corrected chi connectivity index (χ3v) is 4.89. The van der Waals surface area contributed by atoms with E-state index in [4.69, 9.17) is 9.47 Å². The van der Waals surface area contributed by atoms with Crippen LogP contribution in [0.15, 0.2) is 47.3 Å². The number of rotatable bonds is 10. The molecule has 1 N–H and O–H groups in total. The van der Waals surface area contributed by atoms with Gasteiger partial charge >= 0.3 is 5.69 Å². The van der Waals surface area contributed by atoms with E-state index in [-0.39, 0.29) is 18.1 Å². The number of hydrogen-bond donors (Lipinski definition) is 1. The Morgan fingerprint density at radius 2 is 1.60 bits per heavy atom. The summed E-state index contributed by atoms with van der Waals surface area (Å²) >= 11 is 0. The monoisotopic (exact) mass is 411 g/mol. The molecule has 0 aliphatic rings. The average Bonchev–Trinajstić information content (AvgIpc) is 3.01. The number of amides is 1. The highest BCUT2D eigenvalue weighted by Gasteiger charge is 2.14. The molecular formula is C23H29N3O4. The van der Waals surface area contributed by atoms with Gasteiger partial charge in [0.05, 0.1) is 24.2 Å². The summed E-state index contributed by atoms with van der Waals surface area (Å²) in [6.45, 7) is 7.95. The molecule has 1 amide bonds. The minimum Gasteiger partial charge on any atom is -0.490 e. The molecule has 30 heavy (non-hydrogen) atoms. The van der Waals surface area contributed by atoms with Gasteiger partial charge in [0.15, 0.2) is 11.5 Å². The van der Waals surface area contributed by atoms with Crippen LogP contribution in [0.4, 0.5) is 0 Å². The van der Waals surface area contributed by atoms with Gasteiger partial charge in [-0.2, -0.15) is 0 Å². The van der Waals surface area contributed by atoms with Crippen molar-refractivity contribution in [3.8, 4) is 11.5 Å². The Hall–Kier alpha value is -3.22. The number of benzene rings is 2. The predicted octanol–water partition coefficient (Wildman–Crippen LogP) is 2.98. The number of imidazole rings is 1. The van der Waals surface area contributed by atoms with E-state index >= 15 is 0 Å². The quantitative estimate of drug-likeness (QED) is 0.557. The number of nitrogens with zero attached hydrogens (tertiary/aromatic N) is 2. The zero-order valence-corrected chi connectivity index (χ0v) is 17.8. The van der Waals surface area contributed by atoms with E-state index in [1.807, 2.05) is 63.2 Å². The van der Waals surface area contributed by atoms with Crippen LogP contribution in [0.1, 0.15) is 26.3 Å². The van der Waals surface area contributed by atoms with Gasteiger partial charge in [-0.05, 0) is 57.0 Å². The Labute approximate surface area is 176 Å². The summed E-state index contributed by atoms with van der Waals surface area (Å²) in [4.78, 5) is 25.1. The topological polar surface area (TPSA) is 74.5 Å². The van der Waals surface area contributed by atoms with Gasteiger partial charge < -0.3 is 14.8 Å². The first-order valence-corrected chi connectivity index (χ1v) is 10.4. The maximum atomic E-state index is 12.7. The number of para-hydroxylation sites is 2. The van der Waals surface area contributed by atoms with Crippen LogP contribution < -0.4 is 20.5 Å². The van der Waals surface area contributed by atoms with Crippen LogP contribution in [0, 0.1) is 0 Å². The van der Waals surface area contributed by atoms with Crippen LogP contribution in [0.25, 0.3) is 11.0 Å². The van der Waals surface area contributed by atoms with Crippen LogP contribution in [0.2, 0.25) is 0 Å². The smallest absolute Gasteiger partial charge is 0.329 e. The molecule has 0 fully saturated rings. The first-order valence-electron chi connectivity index (χ1n) is 10.4. The van der Waals surface area contributed by atoms with Crippen molar-refractivity contribution >= 4 is 16.9 Å². The van der Waals surface area contributed by atoms with Crippen molar-refractivity contribution in [1.29, 1.82) is 0 Å². The molecule has 1 aromatic heterocycles. The van der Waals surface area contributed by atoms with Crippen molar-refractivity contribution in [2.75, 3.05) is 19.8 Å². The molecule has 1 heterocycles. The third kappa shape index (κ3) is 4.67. The second kappa shape index (κ2) is 10.0. The number of aryl methyl sites for hydroxylation is 1. The van der Waals surface area contributed by atoms with Crippen molar-refractivity contribution in [2.24, 2.45) is 0 Å². The lowest BCUT2D eigenvalue weighted by Crippen LogP contribution is -2.34.